The number of pyridine rings is 1. The van der Waals surface area contributed by atoms with Crippen LogP contribution in [0.1, 0.15) is 0 Å². The molecule has 0 unspecified atom stereocenters. The normalized spacial score (nSPS) is 11.4. The van der Waals surface area contributed by atoms with Crippen molar-refractivity contribution < 1.29 is 4.42 Å². The molecule has 3 heterocycles. The van der Waals surface area contributed by atoms with E-state index in [0.717, 1.165) is 66.5 Å². The van der Waals surface area contributed by atoms with Gasteiger partial charge in [-0.15, -0.1) is 0 Å². The molecule has 3 aromatic heterocycles. The van der Waals surface area contributed by atoms with Crippen molar-refractivity contribution >= 4 is 33.0 Å². The largest absolute Gasteiger partial charge is 0.438 e. The van der Waals surface area contributed by atoms with Gasteiger partial charge in [0.2, 0.25) is 5.71 Å². The molecule has 9 rings (SSSR count). The molecule has 47 heavy (non-hydrogen) atoms. The minimum absolute atomic E-state index is 0.633. The Morgan fingerprint density at radius 2 is 0.936 bits per heavy atom. The molecule has 0 saturated heterocycles. The Morgan fingerprint density at radius 1 is 0.383 bits per heavy atom. The van der Waals surface area contributed by atoms with Crippen molar-refractivity contribution in [3.8, 4) is 56.2 Å². The van der Waals surface area contributed by atoms with Gasteiger partial charge in [-0.3, -0.25) is 0 Å². The fourth-order valence-electron chi connectivity index (χ4n) is 6.44. The Morgan fingerprint density at radius 3 is 1.70 bits per heavy atom. The highest BCUT2D eigenvalue weighted by atomic mass is 16.3. The molecule has 0 radical (unpaired) electrons. The summed E-state index contributed by atoms with van der Waals surface area (Å²) in [7, 11) is 0. The second-order valence-corrected chi connectivity index (χ2v) is 11.6. The summed E-state index contributed by atoms with van der Waals surface area (Å²) in [5, 5.41) is 3.13. The first-order chi connectivity index (χ1) is 23.3. The maximum atomic E-state index is 6.27. The van der Waals surface area contributed by atoms with Crippen LogP contribution in [0.3, 0.4) is 0 Å². The summed E-state index contributed by atoms with van der Waals surface area (Å²) in [6.07, 6.45) is 0. The van der Waals surface area contributed by atoms with Gasteiger partial charge in [-0.2, -0.15) is 0 Å². The Labute approximate surface area is 271 Å². The summed E-state index contributed by atoms with van der Waals surface area (Å²) in [4.78, 5) is 15.2. The summed E-state index contributed by atoms with van der Waals surface area (Å²) in [5.41, 5.74) is 11.6. The highest BCUT2D eigenvalue weighted by molar-refractivity contribution is 6.18. The summed E-state index contributed by atoms with van der Waals surface area (Å²) in [5.74, 6) is 0.669. The number of hydrogen-bond donors (Lipinski definition) is 0. The molecule has 0 bridgehead atoms. The van der Waals surface area contributed by atoms with Crippen LogP contribution in [0.4, 0.5) is 0 Å². The molecule has 0 aliphatic heterocycles. The van der Waals surface area contributed by atoms with Gasteiger partial charge in [-0.1, -0.05) is 140 Å². The number of nitrogens with zero attached hydrogens (tertiary/aromatic N) is 3. The van der Waals surface area contributed by atoms with E-state index in [2.05, 4.69) is 109 Å². The summed E-state index contributed by atoms with van der Waals surface area (Å²) >= 11 is 0. The quantitative estimate of drug-likeness (QED) is 0.197. The highest BCUT2D eigenvalue weighted by Crippen LogP contribution is 2.41. The minimum Gasteiger partial charge on any atom is -0.438 e. The molecule has 0 aliphatic rings. The van der Waals surface area contributed by atoms with Crippen molar-refractivity contribution in [1.29, 1.82) is 0 Å². The Hall–Kier alpha value is -6.39. The number of benzene rings is 6. The molecule has 0 spiro atoms. The van der Waals surface area contributed by atoms with Crippen LogP contribution in [-0.2, 0) is 0 Å². The maximum absolute atomic E-state index is 6.27. The Bertz CT molecular complexity index is 2550. The minimum atomic E-state index is 0.633. The topological polar surface area (TPSA) is 51.8 Å². The van der Waals surface area contributed by atoms with Gasteiger partial charge in [0.25, 0.3) is 0 Å². The average molecular weight is 602 g/mol. The van der Waals surface area contributed by atoms with Gasteiger partial charge in [0.1, 0.15) is 5.58 Å². The van der Waals surface area contributed by atoms with E-state index in [9.17, 15) is 0 Å². The summed E-state index contributed by atoms with van der Waals surface area (Å²) in [6.45, 7) is 0. The lowest BCUT2D eigenvalue weighted by molar-refractivity contribution is 0.656. The zero-order valence-corrected chi connectivity index (χ0v) is 25.3. The molecule has 0 atom stereocenters. The van der Waals surface area contributed by atoms with Crippen molar-refractivity contribution in [2.45, 2.75) is 0 Å². The number of furan rings is 1. The standard InChI is InChI=1S/C43H27N3O/c1-3-12-28(13-4-1)29-22-24-31(25-23-29)38-27-37(30-14-5-2-6-15-30)44-42(45-38)33-17-11-16-32(26-33)40-34-18-7-9-20-36(34)46-43-41(40)35-19-8-10-21-39(35)47-43/h1-27H. The lowest BCUT2D eigenvalue weighted by atomic mass is 9.95. The zero-order valence-electron chi connectivity index (χ0n) is 25.3. The fraction of sp³-hybridized carbons (Fsp3) is 0. The second-order valence-electron chi connectivity index (χ2n) is 11.6. The van der Waals surface area contributed by atoms with E-state index in [1.54, 1.807) is 0 Å². The van der Waals surface area contributed by atoms with Crippen LogP contribution in [0, 0.1) is 0 Å². The van der Waals surface area contributed by atoms with Crippen LogP contribution in [-0.4, -0.2) is 15.0 Å². The maximum Gasteiger partial charge on any atom is 0.228 e. The highest BCUT2D eigenvalue weighted by Gasteiger charge is 2.19. The SMILES string of the molecule is c1ccc(-c2ccc(-c3cc(-c4ccccc4)nc(-c4cccc(-c5c6ccccc6nc6oc7ccccc7c56)c4)n3)cc2)cc1. The van der Waals surface area contributed by atoms with Crippen molar-refractivity contribution in [3.63, 3.8) is 0 Å². The van der Waals surface area contributed by atoms with E-state index < -0.39 is 0 Å². The number of fused-ring (bicyclic) bond motifs is 4. The molecule has 0 saturated carbocycles. The zero-order chi connectivity index (χ0) is 31.2. The predicted octanol–water partition coefficient (Wildman–Crippen LogP) is 11.3. The van der Waals surface area contributed by atoms with E-state index >= 15 is 0 Å². The fourth-order valence-corrected chi connectivity index (χ4v) is 6.44. The first-order valence-electron chi connectivity index (χ1n) is 15.7. The van der Waals surface area contributed by atoms with Crippen LogP contribution < -0.4 is 0 Å². The molecule has 0 amide bonds. The monoisotopic (exact) mass is 601 g/mol. The lowest BCUT2D eigenvalue weighted by Crippen LogP contribution is -1.96. The molecular weight excluding hydrogens is 574 g/mol. The van der Waals surface area contributed by atoms with Crippen LogP contribution in [0.5, 0.6) is 0 Å². The lowest BCUT2D eigenvalue weighted by Gasteiger charge is -2.12. The van der Waals surface area contributed by atoms with Crippen LogP contribution in [0.25, 0.3) is 89.1 Å². The number of para-hydroxylation sites is 2. The molecule has 0 aliphatic carbocycles. The molecule has 6 aromatic carbocycles. The third-order valence-electron chi connectivity index (χ3n) is 8.72. The number of rotatable bonds is 5. The Kier molecular flexibility index (Phi) is 6.43. The first-order valence-corrected chi connectivity index (χ1v) is 15.7. The van der Waals surface area contributed by atoms with Gasteiger partial charge in [0.05, 0.1) is 22.3 Å². The molecule has 220 valence electrons. The van der Waals surface area contributed by atoms with Crippen molar-refractivity contribution in [2.24, 2.45) is 0 Å². The first kappa shape index (κ1) is 27.0. The van der Waals surface area contributed by atoms with Gasteiger partial charge < -0.3 is 4.42 Å². The van der Waals surface area contributed by atoms with E-state index in [1.165, 1.54) is 11.1 Å². The van der Waals surface area contributed by atoms with E-state index in [0.29, 0.717) is 11.5 Å². The molecule has 0 fully saturated rings. The van der Waals surface area contributed by atoms with Crippen LogP contribution in [0.15, 0.2) is 168 Å². The predicted molar refractivity (Wildman–Crippen MR) is 192 cm³/mol. The average Bonchev–Trinajstić information content (AvgIpc) is 3.52. The van der Waals surface area contributed by atoms with Gasteiger partial charge in [0.15, 0.2) is 5.82 Å². The van der Waals surface area contributed by atoms with E-state index in [1.807, 2.05) is 54.6 Å². The number of hydrogen-bond acceptors (Lipinski definition) is 4. The molecule has 4 heteroatoms. The third-order valence-corrected chi connectivity index (χ3v) is 8.72. The van der Waals surface area contributed by atoms with Gasteiger partial charge in [-0.05, 0) is 41.0 Å². The van der Waals surface area contributed by atoms with Crippen molar-refractivity contribution in [1.82, 2.24) is 15.0 Å². The third kappa shape index (κ3) is 4.84. The summed E-state index contributed by atoms with van der Waals surface area (Å²) in [6, 6.07) is 56.3. The van der Waals surface area contributed by atoms with Gasteiger partial charge in [0, 0.05) is 33.0 Å². The Balaban J connectivity index is 1.23. The molecular formula is C43H27N3O. The summed E-state index contributed by atoms with van der Waals surface area (Å²) < 4.78 is 6.27. The number of aromatic nitrogens is 3. The molecule has 0 N–H and O–H groups in total. The van der Waals surface area contributed by atoms with E-state index in [4.69, 9.17) is 19.4 Å². The van der Waals surface area contributed by atoms with Crippen molar-refractivity contribution in [2.75, 3.05) is 0 Å². The smallest absolute Gasteiger partial charge is 0.228 e. The van der Waals surface area contributed by atoms with Crippen LogP contribution in [0.2, 0.25) is 0 Å². The van der Waals surface area contributed by atoms with Crippen LogP contribution >= 0.6 is 0 Å². The second kappa shape index (κ2) is 11.2. The van der Waals surface area contributed by atoms with Gasteiger partial charge >= 0.3 is 0 Å². The molecule has 9 aromatic rings. The van der Waals surface area contributed by atoms with E-state index in [-0.39, 0.29) is 0 Å². The van der Waals surface area contributed by atoms with Crippen molar-refractivity contribution in [3.05, 3.63) is 164 Å². The molecule has 4 nitrogen and oxygen atoms in total. The van der Waals surface area contributed by atoms with Gasteiger partial charge in [-0.25, -0.2) is 15.0 Å².